The number of rotatable bonds is 5. The minimum Gasteiger partial charge on any atom is -0.480 e. The molecule has 1 fully saturated rings. The van der Waals surface area contributed by atoms with E-state index in [1.807, 2.05) is 0 Å². The fourth-order valence-corrected chi connectivity index (χ4v) is 5.46. The number of thiophene rings is 1. The number of ether oxygens (including phenoxy) is 1. The summed E-state index contributed by atoms with van der Waals surface area (Å²) in [7, 11) is 0. The molecule has 1 aromatic rings. The normalized spacial score (nSPS) is 25.0. The molecule has 0 bridgehead atoms. The van der Waals surface area contributed by atoms with Crippen LogP contribution in [0, 0.1) is 0 Å². The SMILES string of the molecule is CC(=O)OC(C)C1=CN2C(=O)C(N(C(C)=O)c3cccs3)[C@H]2SC1C(=O)O. The van der Waals surface area contributed by atoms with Gasteiger partial charge in [0, 0.05) is 25.6 Å². The van der Waals surface area contributed by atoms with Gasteiger partial charge < -0.3 is 14.7 Å². The number of carboxylic acids is 1. The van der Waals surface area contributed by atoms with Crippen LogP contribution in [0.5, 0.6) is 0 Å². The molecular formula is C17H18N2O6S2. The number of hydrogen-bond donors (Lipinski definition) is 1. The van der Waals surface area contributed by atoms with Crippen LogP contribution in [0.4, 0.5) is 5.00 Å². The minimum atomic E-state index is -1.09. The molecule has 27 heavy (non-hydrogen) atoms. The van der Waals surface area contributed by atoms with Gasteiger partial charge in [0.25, 0.3) is 5.91 Å². The fourth-order valence-electron chi connectivity index (χ4n) is 3.16. The molecule has 3 unspecified atom stereocenters. The average molecular weight is 410 g/mol. The Labute approximate surface area is 163 Å². The zero-order chi connectivity index (χ0) is 19.9. The number of hydrogen-bond acceptors (Lipinski definition) is 7. The largest absolute Gasteiger partial charge is 0.480 e. The van der Waals surface area contributed by atoms with Gasteiger partial charge in [0.2, 0.25) is 5.91 Å². The van der Waals surface area contributed by atoms with Crippen molar-refractivity contribution >= 4 is 51.9 Å². The Morgan fingerprint density at radius 2 is 2.04 bits per heavy atom. The van der Waals surface area contributed by atoms with E-state index in [0.29, 0.717) is 10.6 Å². The first-order valence-electron chi connectivity index (χ1n) is 8.15. The van der Waals surface area contributed by atoms with Gasteiger partial charge in [-0.2, -0.15) is 0 Å². The van der Waals surface area contributed by atoms with Crippen LogP contribution in [0.1, 0.15) is 20.8 Å². The number of carboxylic acid groups (broad SMARTS) is 1. The molecule has 10 heteroatoms. The number of esters is 1. The van der Waals surface area contributed by atoms with Crippen LogP contribution in [-0.4, -0.2) is 56.5 Å². The van der Waals surface area contributed by atoms with Crippen LogP contribution in [0.2, 0.25) is 0 Å². The lowest BCUT2D eigenvalue weighted by molar-refractivity contribution is -0.146. The molecule has 1 aromatic heterocycles. The number of thioether (sulfide) groups is 1. The molecule has 2 aliphatic rings. The first-order chi connectivity index (χ1) is 12.7. The van der Waals surface area contributed by atoms with E-state index >= 15 is 0 Å². The molecule has 0 radical (unpaired) electrons. The molecule has 144 valence electrons. The third kappa shape index (κ3) is 3.46. The summed E-state index contributed by atoms with van der Waals surface area (Å²) in [5, 5.41) is 10.6. The summed E-state index contributed by atoms with van der Waals surface area (Å²) < 4.78 is 5.10. The zero-order valence-corrected chi connectivity index (χ0v) is 16.5. The van der Waals surface area contributed by atoms with Crippen molar-refractivity contribution in [1.82, 2.24) is 4.90 Å². The van der Waals surface area contributed by atoms with Gasteiger partial charge >= 0.3 is 11.9 Å². The highest BCUT2D eigenvalue weighted by Crippen LogP contribution is 2.45. The lowest BCUT2D eigenvalue weighted by Gasteiger charge is -2.52. The van der Waals surface area contributed by atoms with Crippen molar-refractivity contribution in [2.24, 2.45) is 0 Å². The van der Waals surface area contributed by atoms with E-state index in [0.717, 1.165) is 11.8 Å². The van der Waals surface area contributed by atoms with Crippen molar-refractivity contribution in [3.05, 3.63) is 29.3 Å². The molecule has 1 N–H and O–H groups in total. The van der Waals surface area contributed by atoms with Gasteiger partial charge in [-0.05, 0) is 24.4 Å². The molecule has 2 aliphatic heterocycles. The van der Waals surface area contributed by atoms with Gasteiger partial charge in [0.1, 0.15) is 22.8 Å². The summed E-state index contributed by atoms with van der Waals surface area (Å²) in [5.41, 5.74) is 0.330. The maximum atomic E-state index is 12.7. The monoisotopic (exact) mass is 410 g/mol. The van der Waals surface area contributed by atoms with E-state index in [2.05, 4.69) is 0 Å². The maximum absolute atomic E-state index is 12.7. The second-order valence-corrected chi connectivity index (χ2v) is 8.31. The molecule has 8 nitrogen and oxygen atoms in total. The standard InChI is InChI=1S/C17H18N2O6S2/c1-8(25-10(3)21)11-7-18-15(22)13(16(18)27-14(11)17(23)24)19(9(2)20)12-5-4-6-26-12/h4-8,13-14,16H,1-3H3,(H,23,24)/t8?,13?,14?,16-/m1/s1. The molecule has 0 aromatic carbocycles. The fraction of sp³-hybridized carbons (Fsp3) is 0.412. The number of β-lactam (4-membered cyclic amide) rings is 1. The highest BCUT2D eigenvalue weighted by Gasteiger charge is 2.56. The van der Waals surface area contributed by atoms with E-state index in [4.69, 9.17) is 4.74 Å². The van der Waals surface area contributed by atoms with Crippen molar-refractivity contribution in [3.8, 4) is 0 Å². The molecule has 2 amide bonds. The lowest BCUT2D eigenvalue weighted by Crippen LogP contribution is -2.70. The Balaban J connectivity index is 1.92. The van der Waals surface area contributed by atoms with Crippen LogP contribution in [0.15, 0.2) is 29.3 Å². The number of amides is 2. The van der Waals surface area contributed by atoms with Crippen molar-refractivity contribution < 1.29 is 29.0 Å². The number of carbonyl (C=O) groups excluding carboxylic acids is 3. The molecule has 1 saturated heterocycles. The van der Waals surface area contributed by atoms with E-state index < -0.39 is 34.7 Å². The molecule has 3 rings (SSSR count). The molecule has 4 atom stereocenters. The van der Waals surface area contributed by atoms with Crippen LogP contribution in [0.25, 0.3) is 0 Å². The predicted molar refractivity (Wildman–Crippen MR) is 100 cm³/mol. The summed E-state index contributed by atoms with van der Waals surface area (Å²) in [5.74, 6) is -2.21. The quantitative estimate of drug-likeness (QED) is 0.582. The van der Waals surface area contributed by atoms with Crippen molar-refractivity contribution in [3.63, 3.8) is 0 Å². The van der Waals surface area contributed by atoms with E-state index in [9.17, 15) is 24.3 Å². The molecule has 3 heterocycles. The smallest absolute Gasteiger partial charge is 0.321 e. The highest BCUT2D eigenvalue weighted by molar-refractivity contribution is 8.01. The number of fused-ring (bicyclic) bond motifs is 1. The molecule has 0 aliphatic carbocycles. The molecular weight excluding hydrogens is 392 g/mol. The Hall–Kier alpha value is -2.33. The van der Waals surface area contributed by atoms with Crippen molar-refractivity contribution in [1.29, 1.82) is 0 Å². The Kier molecular flexibility index (Phi) is 5.29. The number of aliphatic carboxylic acids is 1. The number of carbonyl (C=O) groups is 4. The van der Waals surface area contributed by atoms with Crippen LogP contribution < -0.4 is 4.90 Å². The van der Waals surface area contributed by atoms with Crippen LogP contribution in [0.3, 0.4) is 0 Å². The second-order valence-electron chi connectivity index (χ2n) is 6.16. The Morgan fingerprint density at radius 3 is 2.56 bits per heavy atom. The summed E-state index contributed by atoms with van der Waals surface area (Å²) >= 11 is 2.40. The minimum absolute atomic E-state index is 0.286. The maximum Gasteiger partial charge on any atom is 0.321 e. The average Bonchev–Trinajstić information content (AvgIpc) is 3.10. The third-order valence-corrected chi connectivity index (χ3v) is 6.69. The first-order valence-corrected chi connectivity index (χ1v) is 9.97. The first kappa shape index (κ1) is 19.4. The predicted octanol–water partition coefficient (Wildman–Crippen LogP) is 1.67. The van der Waals surface area contributed by atoms with Gasteiger partial charge in [-0.15, -0.1) is 23.1 Å². The Morgan fingerprint density at radius 1 is 1.33 bits per heavy atom. The van der Waals surface area contributed by atoms with Crippen LogP contribution in [-0.2, 0) is 23.9 Å². The summed E-state index contributed by atoms with van der Waals surface area (Å²) in [6.07, 6.45) is 0.671. The van der Waals surface area contributed by atoms with Crippen LogP contribution >= 0.6 is 23.1 Å². The number of nitrogens with zero attached hydrogens (tertiary/aromatic N) is 2. The molecule has 0 saturated carbocycles. The zero-order valence-electron chi connectivity index (χ0n) is 14.8. The third-order valence-electron chi connectivity index (χ3n) is 4.32. The van der Waals surface area contributed by atoms with E-state index in [1.165, 1.54) is 41.2 Å². The van der Waals surface area contributed by atoms with Crippen molar-refractivity contribution in [2.75, 3.05) is 4.90 Å². The summed E-state index contributed by atoms with van der Waals surface area (Å²) in [4.78, 5) is 50.7. The summed E-state index contributed by atoms with van der Waals surface area (Å²) in [6, 6.07) is 2.76. The van der Waals surface area contributed by atoms with Crippen molar-refractivity contribution in [2.45, 2.75) is 43.5 Å². The van der Waals surface area contributed by atoms with Gasteiger partial charge in [-0.3, -0.25) is 24.1 Å². The second kappa shape index (κ2) is 7.35. The Bertz CT molecular complexity index is 821. The van der Waals surface area contributed by atoms with Gasteiger partial charge in [-0.1, -0.05) is 0 Å². The van der Waals surface area contributed by atoms with E-state index in [-0.39, 0.29) is 11.8 Å². The van der Waals surface area contributed by atoms with Gasteiger partial charge in [-0.25, -0.2) is 0 Å². The summed E-state index contributed by atoms with van der Waals surface area (Å²) in [6.45, 7) is 4.18. The number of anilines is 1. The van der Waals surface area contributed by atoms with Gasteiger partial charge in [0.05, 0.1) is 5.00 Å². The van der Waals surface area contributed by atoms with E-state index in [1.54, 1.807) is 24.4 Å². The lowest BCUT2D eigenvalue weighted by atomic mass is 10.0. The van der Waals surface area contributed by atoms with Gasteiger partial charge in [0.15, 0.2) is 0 Å². The molecule has 0 spiro atoms. The highest BCUT2D eigenvalue weighted by atomic mass is 32.2. The topological polar surface area (TPSA) is 104 Å².